The molecule has 0 spiro atoms. The maximum atomic E-state index is 11.8. The van der Waals surface area contributed by atoms with Gasteiger partial charge in [0, 0.05) is 25.2 Å². The second-order valence-electron chi connectivity index (χ2n) is 4.78. The highest BCUT2D eigenvalue weighted by atomic mass is 127. The van der Waals surface area contributed by atoms with Gasteiger partial charge in [-0.25, -0.2) is 0 Å². The summed E-state index contributed by atoms with van der Waals surface area (Å²) in [4.78, 5) is 14.1. The van der Waals surface area contributed by atoms with Crippen LogP contribution in [0.2, 0.25) is 0 Å². The summed E-state index contributed by atoms with van der Waals surface area (Å²) in [6.45, 7) is 10.9. The number of hydrogen-bond donors (Lipinski definition) is 1. The van der Waals surface area contributed by atoms with Gasteiger partial charge in [-0.15, -0.1) is 0 Å². The first kappa shape index (κ1) is 17.4. The minimum Gasteiger partial charge on any atom is -0.356 e. The van der Waals surface area contributed by atoms with Crippen LogP contribution < -0.4 is 5.32 Å². The van der Waals surface area contributed by atoms with Crippen LogP contribution in [-0.2, 0) is 11.3 Å². The molecule has 1 rings (SSSR count). The Hall–Kier alpha value is -0.630. The highest BCUT2D eigenvalue weighted by Gasteiger charge is 2.06. The van der Waals surface area contributed by atoms with Gasteiger partial charge in [0.15, 0.2) is 0 Å². The van der Waals surface area contributed by atoms with Crippen LogP contribution in [0.25, 0.3) is 0 Å². The number of nitrogens with zero attached hydrogens (tertiary/aromatic N) is 3. The summed E-state index contributed by atoms with van der Waals surface area (Å²) >= 11 is 2.25. The Bertz CT molecular complexity index is 415. The molecule has 0 aliphatic carbocycles. The van der Waals surface area contributed by atoms with Gasteiger partial charge in [0.05, 0.1) is 9.77 Å². The standard InChI is InChI=1S/C14H25IN4O/c1-4-18(5-2)9-6-8-16-14(20)7-10-19-12(3)13(15)11-17-19/h11H,4-10H2,1-3H3,(H,16,20). The molecule has 1 N–H and O–H groups in total. The lowest BCUT2D eigenvalue weighted by molar-refractivity contribution is -0.121. The molecule has 1 heterocycles. The minimum atomic E-state index is 0.106. The monoisotopic (exact) mass is 392 g/mol. The predicted octanol–water partition coefficient (Wildman–Crippen LogP) is 2.03. The predicted molar refractivity (Wildman–Crippen MR) is 89.7 cm³/mol. The van der Waals surface area contributed by atoms with Crippen molar-refractivity contribution in [1.29, 1.82) is 0 Å². The average molecular weight is 392 g/mol. The normalized spacial score (nSPS) is 11.1. The van der Waals surface area contributed by atoms with Gasteiger partial charge in [-0.3, -0.25) is 9.48 Å². The number of halogens is 1. The van der Waals surface area contributed by atoms with E-state index in [4.69, 9.17) is 0 Å². The minimum absolute atomic E-state index is 0.106. The number of aromatic nitrogens is 2. The van der Waals surface area contributed by atoms with Gasteiger partial charge in [0.1, 0.15) is 0 Å². The Morgan fingerprint density at radius 3 is 2.70 bits per heavy atom. The van der Waals surface area contributed by atoms with Crippen LogP contribution >= 0.6 is 22.6 Å². The number of carbonyl (C=O) groups excluding carboxylic acids is 1. The molecule has 20 heavy (non-hydrogen) atoms. The van der Waals surface area contributed by atoms with Gasteiger partial charge < -0.3 is 10.2 Å². The van der Waals surface area contributed by atoms with E-state index in [1.165, 1.54) is 0 Å². The zero-order valence-corrected chi connectivity index (χ0v) is 14.8. The molecule has 0 radical (unpaired) electrons. The van der Waals surface area contributed by atoms with Crippen LogP contribution in [0.1, 0.15) is 32.4 Å². The highest BCUT2D eigenvalue weighted by molar-refractivity contribution is 14.1. The smallest absolute Gasteiger partial charge is 0.221 e. The SMILES string of the molecule is CCN(CC)CCCNC(=O)CCn1ncc(I)c1C. The van der Waals surface area contributed by atoms with E-state index in [9.17, 15) is 4.79 Å². The molecule has 114 valence electrons. The second-order valence-corrected chi connectivity index (χ2v) is 5.94. The van der Waals surface area contributed by atoms with Crippen molar-refractivity contribution in [3.8, 4) is 0 Å². The molecule has 0 aromatic carbocycles. The van der Waals surface area contributed by atoms with Crippen molar-refractivity contribution < 1.29 is 4.79 Å². The molecular weight excluding hydrogens is 367 g/mol. The fourth-order valence-electron chi connectivity index (χ4n) is 2.02. The van der Waals surface area contributed by atoms with E-state index in [1.54, 1.807) is 0 Å². The molecule has 0 saturated carbocycles. The molecule has 0 fully saturated rings. The molecule has 6 heteroatoms. The van der Waals surface area contributed by atoms with Crippen molar-refractivity contribution in [3.63, 3.8) is 0 Å². The Morgan fingerprint density at radius 2 is 2.15 bits per heavy atom. The number of nitrogens with one attached hydrogen (secondary N) is 1. The molecule has 0 aliphatic heterocycles. The van der Waals surface area contributed by atoms with E-state index < -0.39 is 0 Å². The molecule has 1 aromatic rings. The Balaban J connectivity index is 2.16. The first-order valence-corrected chi connectivity index (χ1v) is 8.33. The lowest BCUT2D eigenvalue weighted by Crippen LogP contribution is -2.30. The van der Waals surface area contributed by atoms with E-state index in [-0.39, 0.29) is 5.91 Å². The molecule has 0 saturated heterocycles. The topological polar surface area (TPSA) is 50.2 Å². The summed E-state index contributed by atoms with van der Waals surface area (Å²) in [5.74, 6) is 0.106. The summed E-state index contributed by atoms with van der Waals surface area (Å²) in [5, 5.41) is 7.23. The van der Waals surface area contributed by atoms with Crippen molar-refractivity contribution in [2.45, 2.75) is 40.2 Å². The van der Waals surface area contributed by atoms with Gasteiger partial charge >= 0.3 is 0 Å². The maximum Gasteiger partial charge on any atom is 0.221 e. The zero-order valence-electron chi connectivity index (χ0n) is 12.7. The third-order valence-electron chi connectivity index (χ3n) is 3.46. The van der Waals surface area contributed by atoms with E-state index >= 15 is 0 Å². The van der Waals surface area contributed by atoms with E-state index in [2.05, 4.69) is 51.8 Å². The van der Waals surface area contributed by atoms with Crippen LogP contribution in [-0.4, -0.2) is 46.8 Å². The molecule has 0 atom stereocenters. The number of amides is 1. The average Bonchev–Trinajstić information content (AvgIpc) is 2.77. The first-order chi connectivity index (χ1) is 9.58. The Morgan fingerprint density at radius 1 is 1.45 bits per heavy atom. The first-order valence-electron chi connectivity index (χ1n) is 7.25. The van der Waals surface area contributed by atoms with Crippen molar-refractivity contribution in [2.75, 3.05) is 26.2 Å². The maximum absolute atomic E-state index is 11.8. The van der Waals surface area contributed by atoms with Crippen LogP contribution in [0, 0.1) is 10.5 Å². The van der Waals surface area contributed by atoms with Gasteiger partial charge in [-0.2, -0.15) is 5.10 Å². The van der Waals surface area contributed by atoms with E-state index in [0.29, 0.717) is 13.0 Å². The number of aryl methyl sites for hydroxylation is 1. The third kappa shape index (κ3) is 5.78. The van der Waals surface area contributed by atoms with Crippen molar-refractivity contribution in [2.24, 2.45) is 0 Å². The molecule has 5 nitrogen and oxygen atoms in total. The van der Waals surface area contributed by atoms with Gasteiger partial charge in [-0.1, -0.05) is 13.8 Å². The number of hydrogen-bond acceptors (Lipinski definition) is 3. The summed E-state index contributed by atoms with van der Waals surface area (Å²) in [5.41, 5.74) is 1.12. The molecule has 1 aromatic heterocycles. The lowest BCUT2D eigenvalue weighted by atomic mass is 10.3. The quantitative estimate of drug-likeness (QED) is 0.517. The van der Waals surface area contributed by atoms with Gasteiger partial charge in [0.25, 0.3) is 0 Å². The fourth-order valence-corrected chi connectivity index (χ4v) is 2.42. The van der Waals surface area contributed by atoms with Crippen LogP contribution in [0.15, 0.2) is 6.20 Å². The molecule has 1 amide bonds. The van der Waals surface area contributed by atoms with Gasteiger partial charge in [0.2, 0.25) is 5.91 Å². The van der Waals surface area contributed by atoms with Crippen molar-refractivity contribution in [1.82, 2.24) is 20.0 Å². The fraction of sp³-hybridized carbons (Fsp3) is 0.714. The largest absolute Gasteiger partial charge is 0.356 e. The van der Waals surface area contributed by atoms with Gasteiger partial charge in [-0.05, 0) is 55.6 Å². The van der Waals surface area contributed by atoms with Crippen molar-refractivity contribution in [3.05, 3.63) is 15.5 Å². The summed E-state index contributed by atoms with van der Waals surface area (Å²) in [7, 11) is 0. The summed E-state index contributed by atoms with van der Waals surface area (Å²) in [6.07, 6.45) is 3.33. The van der Waals surface area contributed by atoms with E-state index in [1.807, 2.05) is 17.8 Å². The summed E-state index contributed by atoms with van der Waals surface area (Å²) < 4.78 is 3.03. The Labute approximate surface area is 135 Å². The highest BCUT2D eigenvalue weighted by Crippen LogP contribution is 2.09. The van der Waals surface area contributed by atoms with E-state index in [0.717, 1.165) is 41.9 Å². The van der Waals surface area contributed by atoms with Crippen molar-refractivity contribution >= 4 is 28.5 Å². The molecular formula is C14H25IN4O. The molecule has 0 aliphatic rings. The molecule has 0 unspecified atom stereocenters. The zero-order chi connectivity index (χ0) is 15.0. The van der Waals surface area contributed by atoms with Crippen LogP contribution in [0.4, 0.5) is 0 Å². The lowest BCUT2D eigenvalue weighted by Gasteiger charge is -2.17. The number of carbonyl (C=O) groups is 1. The molecule has 0 bridgehead atoms. The second kappa shape index (κ2) is 9.33. The number of rotatable bonds is 9. The van der Waals surface area contributed by atoms with Crippen LogP contribution in [0.5, 0.6) is 0 Å². The van der Waals surface area contributed by atoms with Crippen LogP contribution in [0.3, 0.4) is 0 Å². The third-order valence-corrected chi connectivity index (χ3v) is 4.52. The Kier molecular flexibility index (Phi) is 8.13. The summed E-state index contributed by atoms with van der Waals surface area (Å²) in [6, 6.07) is 0.